The number of aliphatic hydroxyl groups is 4. The number of rotatable bonds is 5. The van der Waals surface area contributed by atoms with Crippen LogP contribution in [0.15, 0.2) is 48.5 Å². The molecule has 5 N–H and O–H groups in total. The number of fused-ring (bicyclic) bond motifs is 1. The van der Waals surface area contributed by atoms with Crippen molar-refractivity contribution >= 4 is 10.9 Å². The van der Waals surface area contributed by atoms with Gasteiger partial charge in [-0.1, -0.05) is 43.3 Å². The summed E-state index contributed by atoms with van der Waals surface area (Å²) in [5.41, 5.74) is 5.14. The topological polar surface area (TPSA) is 106 Å². The van der Waals surface area contributed by atoms with Crippen molar-refractivity contribution in [2.45, 2.75) is 50.3 Å². The number of hydrogen-bond donors (Lipinski definition) is 5. The molecule has 154 valence electrons. The molecular weight excluding hydrogens is 370 g/mol. The normalized spacial score (nSPS) is 27.4. The summed E-state index contributed by atoms with van der Waals surface area (Å²) in [6, 6.07) is 16.2. The van der Waals surface area contributed by atoms with Gasteiger partial charge in [-0.05, 0) is 35.2 Å². The summed E-state index contributed by atoms with van der Waals surface area (Å²) in [4.78, 5) is 3.41. The molecule has 0 saturated carbocycles. The highest BCUT2D eigenvalue weighted by Gasteiger charge is 2.44. The van der Waals surface area contributed by atoms with Crippen molar-refractivity contribution in [3.05, 3.63) is 70.9 Å². The molecule has 5 atom stereocenters. The highest BCUT2D eigenvalue weighted by atomic mass is 16.5. The predicted octanol–water partition coefficient (Wildman–Crippen LogP) is 1.84. The number of hydrogen-bond acceptors (Lipinski definition) is 5. The van der Waals surface area contributed by atoms with Crippen LogP contribution in [0.25, 0.3) is 10.9 Å². The fourth-order valence-electron chi connectivity index (χ4n) is 4.05. The van der Waals surface area contributed by atoms with Crippen LogP contribution in [-0.4, -0.2) is 56.4 Å². The van der Waals surface area contributed by atoms with Crippen LogP contribution in [-0.2, 0) is 17.6 Å². The first-order chi connectivity index (χ1) is 14.0. The third-order valence-corrected chi connectivity index (χ3v) is 5.78. The van der Waals surface area contributed by atoms with Gasteiger partial charge in [-0.15, -0.1) is 0 Å². The van der Waals surface area contributed by atoms with Crippen LogP contribution in [0, 0.1) is 0 Å². The molecule has 2 aromatic carbocycles. The Hall–Kier alpha value is -2.22. The van der Waals surface area contributed by atoms with Gasteiger partial charge in [-0.2, -0.15) is 0 Å². The Labute approximate surface area is 169 Å². The Morgan fingerprint density at radius 2 is 1.66 bits per heavy atom. The second-order valence-corrected chi connectivity index (χ2v) is 7.70. The van der Waals surface area contributed by atoms with Crippen molar-refractivity contribution in [3.63, 3.8) is 0 Å². The van der Waals surface area contributed by atoms with Crippen molar-refractivity contribution in [3.8, 4) is 0 Å². The number of ether oxygens (including phenoxy) is 1. The lowest BCUT2D eigenvalue weighted by molar-refractivity contribution is -0.231. The van der Waals surface area contributed by atoms with Gasteiger partial charge in [0.05, 0.1) is 6.61 Å². The second-order valence-electron chi connectivity index (χ2n) is 7.70. The summed E-state index contributed by atoms with van der Waals surface area (Å²) in [5, 5.41) is 41.0. The molecule has 1 saturated heterocycles. The van der Waals surface area contributed by atoms with Crippen LogP contribution in [0.1, 0.15) is 35.4 Å². The number of aliphatic hydroxyl groups excluding tert-OH is 4. The van der Waals surface area contributed by atoms with Crippen LogP contribution in [0.2, 0.25) is 0 Å². The summed E-state index contributed by atoms with van der Waals surface area (Å²) >= 11 is 0. The molecule has 3 aromatic rings. The molecule has 1 aliphatic heterocycles. The SMILES string of the molecule is CCc1ccc(Cc2cc3c(C4O[C@H](CO)[C@@H](O)[C@H](O)[C@H]4O)cccc3[nH]2)cc1. The van der Waals surface area contributed by atoms with Gasteiger partial charge in [0.1, 0.15) is 30.5 Å². The maximum absolute atomic E-state index is 10.5. The minimum absolute atomic E-state index is 0.441. The average Bonchev–Trinajstić information content (AvgIpc) is 3.15. The molecule has 29 heavy (non-hydrogen) atoms. The molecule has 6 nitrogen and oxygen atoms in total. The highest BCUT2D eigenvalue weighted by Crippen LogP contribution is 2.36. The van der Waals surface area contributed by atoms with E-state index in [9.17, 15) is 20.4 Å². The van der Waals surface area contributed by atoms with Crippen LogP contribution >= 0.6 is 0 Å². The Morgan fingerprint density at radius 3 is 2.34 bits per heavy atom. The lowest BCUT2D eigenvalue weighted by atomic mass is 9.90. The smallest absolute Gasteiger partial charge is 0.113 e. The van der Waals surface area contributed by atoms with E-state index in [2.05, 4.69) is 36.2 Å². The van der Waals surface area contributed by atoms with E-state index in [0.29, 0.717) is 5.56 Å². The molecule has 0 radical (unpaired) electrons. The van der Waals surface area contributed by atoms with Gasteiger partial charge in [-0.25, -0.2) is 0 Å². The largest absolute Gasteiger partial charge is 0.394 e. The van der Waals surface area contributed by atoms with E-state index in [0.717, 1.165) is 29.4 Å². The monoisotopic (exact) mass is 397 g/mol. The number of H-pyrrole nitrogens is 1. The Morgan fingerprint density at radius 1 is 0.931 bits per heavy atom. The maximum atomic E-state index is 10.5. The molecular formula is C23H27NO5. The fraction of sp³-hybridized carbons (Fsp3) is 0.391. The van der Waals surface area contributed by atoms with E-state index in [4.69, 9.17) is 4.74 Å². The first-order valence-electron chi connectivity index (χ1n) is 10.0. The number of nitrogens with one attached hydrogen (secondary N) is 1. The fourth-order valence-corrected chi connectivity index (χ4v) is 4.05. The summed E-state index contributed by atoms with van der Waals surface area (Å²) in [7, 11) is 0. The number of aromatic amines is 1. The molecule has 2 heterocycles. The zero-order chi connectivity index (χ0) is 20.5. The first kappa shape index (κ1) is 20.1. The van der Waals surface area contributed by atoms with Crippen LogP contribution in [0.4, 0.5) is 0 Å². The van der Waals surface area contributed by atoms with Gasteiger partial charge in [0, 0.05) is 23.0 Å². The number of benzene rings is 2. The van der Waals surface area contributed by atoms with Crippen molar-refractivity contribution < 1.29 is 25.2 Å². The third kappa shape index (κ3) is 3.82. The van der Waals surface area contributed by atoms with Crippen LogP contribution in [0.5, 0.6) is 0 Å². The number of aromatic nitrogens is 1. The molecule has 6 heteroatoms. The van der Waals surface area contributed by atoms with Crippen molar-refractivity contribution in [1.82, 2.24) is 4.98 Å². The molecule has 1 aromatic heterocycles. The summed E-state index contributed by atoms with van der Waals surface area (Å²) in [5.74, 6) is 0. The molecule has 0 spiro atoms. The van der Waals surface area contributed by atoms with Gasteiger partial charge in [0.2, 0.25) is 0 Å². The number of aryl methyl sites for hydroxylation is 1. The minimum Gasteiger partial charge on any atom is -0.394 e. The van der Waals surface area contributed by atoms with Crippen molar-refractivity contribution in [2.75, 3.05) is 6.61 Å². The molecule has 1 unspecified atom stereocenters. The average molecular weight is 397 g/mol. The van der Waals surface area contributed by atoms with E-state index in [1.165, 1.54) is 11.1 Å². The maximum Gasteiger partial charge on any atom is 0.113 e. The second kappa shape index (κ2) is 8.26. The minimum atomic E-state index is -1.39. The zero-order valence-corrected chi connectivity index (χ0v) is 16.3. The van der Waals surface area contributed by atoms with Gasteiger partial charge in [0.15, 0.2) is 0 Å². The molecule has 4 rings (SSSR count). The lowest BCUT2D eigenvalue weighted by Crippen LogP contribution is -2.55. The van der Waals surface area contributed by atoms with Crippen molar-refractivity contribution in [1.29, 1.82) is 0 Å². The summed E-state index contributed by atoms with van der Waals surface area (Å²) in [6.45, 7) is 1.69. The first-order valence-corrected chi connectivity index (χ1v) is 10.0. The van der Waals surface area contributed by atoms with Crippen molar-refractivity contribution in [2.24, 2.45) is 0 Å². The lowest BCUT2D eigenvalue weighted by Gasteiger charge is -2.40. The van der Waals surface area contributed by atoms with Gasteiger partial charge in [0.25, 0.3) is 0 Å². The van der Waals surface area contributed by atoms with E-state index in [1.807, 2.05) is 24.3 Å². The molecule has 0 aliphatic carbocycles. The summed E-state index contributed by atoms with van der Waals surface area (Å²) in [6.07, 6.45) is -4.07. The van der Waals surface area contributed by atoms with Gasteiger partial charge < -0.3 is 30.1 Å². The summed E-state index contributed by atoms with van der Waals surface area (Å²) < 4.78 is 5.75. The predicted molar refractivity (Wildman–Crippen MR) is 110 cm³/mol. The highest BCUT2D eigenvalue weighted by molar-refractivity contribution is 5.84. The van der Waals surface area contributed by atoms with Crippen LogP contribution in [0.3, 0.4) is 0 Å². The van der Waals surface area contributed by atoms with E-state index in [-0.39, 0.29) is 0 Å². The molecule has 0 bridgehead atoms. The Balaban J connectivity index is 1.65. The van der Waals surface area contributed by atoms with Crippen LogP contribution < -0.4 is 0 Å². The Bertz CT molecular complexity index is 965. The van der Waals surface area contributed by atoms with E-state index in [1.54, 1.807) is 0 Å². The molecule has 1 fully saturated rings. The molecule has 0 amide bonds. The third-order valence-electron chi connectivity index (χ3n) is 5.78. The zero-order valence-electron chi connectivity index (χ0n) is 16.3. The molecule has 1 aliphatic rings. The van der Waals surface area contributed by atoms with E-state index >= 15 is 0 Å². The Kier molecular flexibility index (Phi) is 5.72. The van der Waals surface area contributed by atoms with Gasteiger partial charge in [-0.3, -0.25) is 0 Å². The van der Waals surface area contributed by atoms with Gasteiger partial charge >= 0.3 is 0 Å². The van der Waals surface area contributed by atoms with E-state index < -0.39 is 37.1 Å². The standard InChI is InChI=1S/C23H27NO5/c1-2-13-6-8-14(9-7-13)10-15-11-17-16(4-3-5-18(17)24-15)23-22(28)21(27)20(26)19(12-25)29-23/h3-9,11,19-28H,2,10,12H2,1H3/t19-,20-,21+,22-,23?/m1/s1. The quantitative estimate of drug-likeness (QED) is 0.452.